The minimum Gasteiger partial charge on any atom is -0.497 e. The van der Waals surface area contributed by atoms with Crippen molar-refractivity contribution in [1.82, 2.24) is 14.8 Å². The van der Waals surface area contributed by atoms with Crippen molar-refractivity contribution in [3.63, 3.8) is 0 Å². The Bertz CT molecular complexity index is 828. The number of nitro benzene ring substituents is 1. The van der Waals surface area contributed by atoms with Gasteiger partial charge in [0, 0.05) is 17.8 Å². The van der Waals surface area contributed by atoms with E-state index in [9.17, 15) is 10.1 Å². The van der Waals surface area contributed by atoms with Crippen LogP contribution in [0, 0.1) is 10.1 Å². The number of rotatable bonds is 6. The Balaban J connectivity index is 1.73. The molecule has 0 fully saturated rings. The Labute approximate surface area is 137 Å². The number of anilines is 1. The van der Waals surface area contributed by atoms with Gasteiger partial charge in [0.05, 0.1) is 24.3 Å². The summed E-state index contributed by atoms with van der Waals surface area (Å²) in [6.07, 6.45) is 1.45. The lowest BCUT2D eigenvalue weighted by Gasteiger charge is -2.09. The maximum Gasteiger partial charge on any atom is 0.269 e. The van der Waals surface area contributed by atoms with E-state index in [1.54, 1.807) is 23.9 Å². The molecule has 0 unspecified atom stereocenters. The van der Waals surface area contributed by atoms with Gasteiger partial charge in [-0.25, -0.2) is 9.67 Å². The fourth-order valence-electron chi connectivity index (χ4n) is 2.21. The number of nitrogens with one attached hydrogen (secondary N) is 1. The van der Waals surface area contributed by atoms with E-state index in [0.717, 1.165) is 11.4 Å². The molecule has 0 spiro atoms. The van der Waals surface area contributed by atoms with Crippen LogP contribution in [0.3, 0.4) is 0 Å². The molecular formula is C16H15N5O3. The lowest BCUT2D eigenvalue weighted by atomic mass is 10.3. The number of hydrogen-bond donors (Lipinski definition) is 1. The van der Waals surface area contributed by atoms with E-state index < -0.39 is 4.92 Å². The van der Waals surface area contributed by atoms with Crippen LogP contribution in [0.1, 0.15) is 5.82 Å². The van der Waals surface area contributed by atoms with Gasteiger partial charge in [-0.05, 0) is 36.4 Å². The first-order chi connectivity index (χ1) is 11.7. The summed E-state index contributed by atoms with van der Waals surface area (Å²) in [6.45, 7) is 0.462. The third-order valence-corrected chi connectivity index (χ3v) is 3.46. The largest absolute Gasteiger partial charge is 0.497 e. The van der Waals surface area contributed by atoms with Crippen LogP contribution in [0.4, 0.5) is 11.4 Å². The van der Waals surface area contributed by atoms with Crippen LogP contribution in [0.15, 0.2) is 54.9 Å². The van der Waals surface area contributed by atoms with Crippen molar-refractivity contribution in [3.8, 4) is 11.4 Å². The van der Waals surface area contributed by atoms with Gasteiger partial charge in [0.15, 0.2) is 5.82 Å². The van der Waals surface area contributed by atoms with Crippen molar-refractivity contribution >= 4 is 11.4 Å². The van der Waals surface area contributed by atoms with Crippen LogP contribution in [-0.2, 0) is 6.54 Å². The molecule has 0 aliphatic rings. The maximum atomic E-state index is 10.7. The number of hydrogen-bond acceptors (Lipinski definition) is 6. The second-order valence-corrected chi connectivity index (χ2v) is 4.94. The first-order valence-electron chi connectivity index (χ1n) is 7.19. The standard InChI is InChI=1S/C16H15N5O3/c1-24-15-8-2-12(3-9-15)17-10-16-18-11-19-20(16)13-4-6-14(7-5-13)21(22)23/h2-9,11,17H,10H2,1H3. The van der Waals surface area contributed by atoms with Crippen molar-refractivity contribution in [2.24, 2.45) is 0 Å². The summed E-state index contributed by atoms with van der Waals surface area (Å²) in [5.41, 5.74) is 1.68. The molecule has 0 aliphatic heterocycles. The highest BCUT2D eigenvalue weighted by atomic mass is 16.6. The van der Waals surface area contributed by atoms with Gasteiger partial charge in [0.25, 0.3) is 5.69 Å². The first kappa shape index (κ1) is 15.5. The highest BCUT2D eigenvalue weighted by Crippen LogP contribution is 2.18. The monoisotopic (exact) mass is 325 g/mol. The topological polar surface area (TPSA) is 95.1 Å². The zero-order valence-corrected chi connectivity index (χ0v) is 12.9. The SMILES string of the molecule is COc1ccc(NCc2ncnn2-c2ccc([N+](=O)[O-])cc2)cc1. The molecule has 0 saturated carbocycles. The Hall–Kier alpha value is -3.42. The molecule has 3 aromatic rings. The van der Waals surface area contributed by atoms with Crippen LogP contribution in [-0.4, -0.2) is 26.8 Å². The molecule has 122 valence electrons. The van der Waals surface area contributed by atoms with E-state index >= 15 is 0 Å². The fraction of sp³-hybridized carbons (Fsp3) is 0.125. The fourth-order valence-corrected chi connectivity index (χ4v) is 2.21. The van der Waals surface area contributed by atoms with Gasteiger partial charge >= 0.3 is 0 Å². The lowest BCUT2D eigenvalue weighted by molar-refractivity contribution is -0.384. The molecule has 2 aromatic carbocycles. The smallest absolute Gasteiger partial charge is 0.269 e. The summed E-state index contributed by atoms with van der Waals surface area (Å²) in [6, 6.07) is 13.7. The van der Waals surface area contributed by atoms with E-state index in [2.05, 4.69) is 15.4 Å². The van der Waals surface area contributed by atoms with Crippen molar-refractivity contribution < 1.29 is 9.66 Å². The molecule has 0 bridgehead atoms. The van der Waals surface area contributed by atoms with E-state index in [4.69, 9.17) is 4.74 Å². The van der Waals surface area contributed by atoms with E-state index in [0.29, 0.717) is 18.1 Å². The highest BCUT2D eigenvalue weighted by molar-refractivity contribution is 5.46. The average molecular weight is 325 g/mol. The van der Waals surface area contributed by atoms with Gasteiger partial charge in [0.2, 0.25) is 0 Å². The molecule has 1 aromatic heterocycles. The summed E-state index contributed by atoms with van der Waals surface area (Å²) in [4.78, 5) is 14.5. The summed E-state index contributed by atoms with van der Waals surface area (Å²) in [5, 5.41) is 18.1. The molecule has 3 rings (SSSR count). The molecule has 0 radical (unpaired) electrons. The van der Waals surface area contributed by atoms with E-state index in [1.807, 2.05) is 24.3 Å². The van der Waals surface area contributed by atoms with Crippen molar-refractivity contribution in [2.45, 2.75) is 6.54 Å². The summed E-state index contributed by atoms with van der Waals surface area (Å²) in [7, 11) is 1.62. The Kier molecular flexibility index (Phi) is 4.37. The summed E-state index contributed by atoms with van der Waals surface area (Å²) in [5.74, 6) is 1.48. The number of non-ortho nitro benzene ring substituents is 1. The molecule has 1 N–H and O–H groups in total. The van der Waals surface area contributed by atoms with Crippen molar-refractivity contribution in [2.75, 3.05) is 12.4 Å². The molecule has 0 atom stereocenters. The second kappa shape index (κ2) is 6.78. The molecule has 1 heterocycles. The van der Waals surface area contributed by atoms with Crippen LogP contribution in [0.5, 0.6) is 5.75 Å². The van der Waals surface area contributed by atoms with Crippen LogP contribution < -0.4 is 10.1 Å². The zero-order valence-electron chi connectivity index (χ0n) is 12.9. The predicted molar refractivity (Wildman–Crippen MR) is 88.3 cm³/mol. The van der Waals surface area contributed by atoms with Gasteiger partial charge in [0.1, 0.15) is 12.1 Å². The molecule has 8 nitrogen and oxygen atoms in total. The van der Waals surface area contributed by atoms with Crippen molar-refractivity contribution in [3.05, 3.63) is 70.8 Å². The number of aromatic nitrogens is 3. The van der Waals surface area contributed by atoms with Gasteiger partial charge in [-0.3, -0.25) is 10.1 Å². The number of benzene rings is 2. The number of ether oxygens (including phenoxy) is 1. The summed E-state index contributed by atoms with van der Waals surface area (Å²) >= 11 is 0. The Morgan fingerprint density at radius 3 is 2.50 bits per heavy atom. The van der Waals surface area contributed by atoms with Crippen molar-refractivity contribution in [1.29, 1.82) is 0 Å². The maximum absolute atomic E-state index is 10.7. The van der Waals surface area contributed by atoms with E-state index in [1.165, 1.54) is 18.5 Å². The zero-order chi connectivity index (χ0) is 16.9. The number of nitro groups is 1. The van der Waals surface area contributed by atoms with Crippen LogP contribution in [0.25, 0.3) is 5.69 Å². The molecule has 0 amide bonds. The van der Waals surface area contributed by atoms with Gasteiger partial charge in [-0.2, -0.15) is 5.10 Å². The third kappa shape index (κ3) is 3.32. The molecule has 8 heteroatoms. The Morgan fingerprint density at radius 2 is 1.88 bits per heavy atom. The minimum atomic E-state index is -0.433. The average Bonchev–Trinajstić information content (AvgIpc) is 3.09. The van der Waals surface area contributed by atoms with Gasteiger partial charge in [-0.1, -0.05) is 0 Å². The minimum absolute atomic E-state index is 0.0387. The third-order valence-electron chi connectivity index (χ3n) is 3.46. The Morgan fingerprint density at radius 1 is 1.17 bits per heavy atom. The molecular weight excluding hydrogens is 310 g/mol. The second-order valence-electron chi connectivity index (χ2n) is 4.94. The van der Waals surface area contributed by atoms with Gasteiger partial charge in [-0.15, -0.1) is 0 Å². The molecule has 24 heavy (non-hydrogen) atoms. The van der Waals surface area contributed by atoms with Gasteiger partial charge < -0.3 is 10.1 Å². The first-order valence-corrected chi connectivity index (χ1v) is 7.19. The predicted octanol–water partition coefficient (Wildman–Crippen LogP) is 2.80. The van der Waals surface area contributed by atoms with Crippen LogP contribution in [0.2, 0.25) is 0 Å². The van der Waals surface area contributed by atoms with E-state index in [-0.39, 0.29) is 5.69 Å². The highest BCUT2D eigenvalue weighted by Gasteiger charge is 2.09. The normalized spacial score (nSPS) is 10.4. The molecule has 0 saturated heterocycles. The number of nitrogens with zero attached hydrogens (tertiary/aromatic N) is 4. The number of methoxy groups -OCH3 is 1. The quantitative estimate of drug-likeness (QED) is 0.553. The molecule has 0 aliphatic carbocycles. The lowest BCUT2D eigenvalue weighted by Crippen LogP contribution is -2.08. The summed E-state index contributed by atoms with van der Waals surface area (Å²) < 4.78 is 6.76. The van der Waals surface area contributed by atoms with Crippen LogP contribution >= 0.6 is 0 Å².